The monoisotopic (exact) mass is 375 g/mol. The van der Waals surface area contributed by atoms with Gasteiger partial charge in [-0.1, -0.05) is 42.5 Å². The third kappa shape index (κ3) is 4.46. The zero-order valence-corrected chi connectivity index (χ0v) is 15.3. The molecule has 1 amide bonds. The minimum absolute atomic E-state index is 0.194. The first kappa shape index (κ1) is 18.0. The molecule has 1 saturated carbocycles. The summed E-state index contributed by atoms with van der Waals surface area (Å²) in [5, 5.41) is 7.09. The van der Waals surface area contributed by atoms with E-state index in [0.717, 1.165) is 18.4 Å². The molecule has 1 N–H and O–H groups in total. The van der Waals surface area contributed by atoms with Crippen LogP contribution in [0.2, 0.25) is 0 Å². The molecule has 1 aromatic heterocycles. The molecule has 0 spiro atoms. The van der Waals surface area contributed by atoms with E-state index in [9.17, 15) is 9.59 Å². The Balaban J connectivity index is 1.46. The van der Waals surface area contributed by atoms with Crippen LogP contribution in [0.1, 0.15) is 40.4 Å². The summed E-state index contributed by atoms with van der Waals surface area (Å²) in [7, 11) is 0. The first-order valence-corrected chi connectivity index (χ1v) is 9.32. The summed E-state index contributed by atoms with van der Waals surface area (Å²) in [5.74, 6) is -0.803. The van der Waals surface area contributed by atoms with Gasteiger partial charge in [-0.15, -0.1) is 0 Å². The number of carbonyl (C=O) groups is 2. The van der Waals surface area contributed by atoms with E-state index in [4.69, 9.17) is 4.74 Å². The molecule has 4 rings (SSSR count). The second kappa shape index (κ2) is 8.08. The molecule has 142 valence electrons. The van der Waals surface area contributed by atoms with E-state index in [2.05, 4.69) is 10.4 Å². The van der Waals surface area contributed by atoms with Crippen molar-refractivity contribution in [1.82, 2.24) is 15.1 Å². The van der Waals surface area contributed by atoms with Crippen molar-refractivity contribution in [1.29, 1.82) is 0 Å². The van der Waals surface area contributed by atoms with E-state index in [-0.39, 0.29) is 11.9 Å². The summed E-state index contributed by atoms with van der Waals surface area (Å²) >= 11 is 0. The Morgan fingerprint density at radius 1 is 1.07 bits per heavy atom. The summed E-state index contributed by atoms with van der Waals surface area (Å²) in [6.45, 7) is 0.624. The molecule has 0 saturated heterocycles. The lowest BCUT2D eigenvalue weighted by Crippen LogP contribution is -2.33. The van der Waals surface area contributed by atoms with Crippen LogP contribution >= 0.6 is 0 Å². The van der Waals surface area contributed by atoms with Gasteiger partial charge in [0.25, 0.3) is 5.91 Å². The smallest absolute Gasteiger partial charge is 0.339 e. The van der Waals surface area contributed by atoms with Crippen LogP contribution in [-0.2, 0) is 16.1 Å². The summed E-state index contributed by atoms with van der Waals surface area (Å²) in [6, 6.07) is 18.3. The molecule has 1 aliphatic rings. The van der Waals surface area contributed by atoms with Crippen LogP contribution in [0.4, 0.5) is 0 Å². The lowest BCUT2D eigenvalue weighted by Gasteiger charge is -2.18. The third-order valence-corrected chi connectivity index (χ3v) is 4.58. The molecule has 28 heavy (non-hydrogen) atoms. The minimum atomic E-state index is -0.960. The number of carbonyl (C=O) groups excluding carboxylic acids is 2. The van der Waals surface area contributed by atoms with Crippen molar-refractivity contribution in [3.63, 3.8) is 0 Å². The van der Waals surface area contributed by atoms with Gasteiger partial charge in [-0.05, 0) is 36.6 Å². The largest absolute Gasteiger partial charge is 0.444 e. The molecule has 2 aromatic carbocycles. The fourth-order valence-electron chi connectivity index (χ4n) is 2.91. The highest BCUT2D eigenvalue weighted by Crippen LogP contribution is 2.24. The molecule has 1 aliphatic carbocycles. The van der Waals surface area contributed by atoms with Gasteiger partial charge in [0, 0.05) is 24.0 Å². The predicted molar refractivity (Wildman–Crippen MR) is 104 cm³/mol. The van der Waals surface area contributed by atoms with E-state index >= 15 is 0 Å². The fourth-order valence-corrected chi connectivity index (χ4v) is 2.91. The van der Waals surface area contributed by atoms with Crippen LogP contribution in [0.5, 0.6) is 0 Å². The Morgan fingerprint density at radius 2 is 1.82 bits per heavy atom. The highest BCUT2D eigenvalue weighted by atomic mass is 16.5. The molecule has 1 atom stereocenters. The van der Waals surface area contributed by atoms with E-state index in [1.165, 1.54) is 0 Å². The van der Waals surface area contributed by atoms with Crippen LogP contribution < -0.4 is 5.32 Å². The Morgan fingerprint density at radius 3 is 2.46 bits per heavy atom. The highest BCUT2D eigenvalue weighted by Gasteiger charge is 2.31. The average molecular weight is 375 g/mol. The lowest BCUT2D eigenvalue weighted by molar-refractivity contribution is -0.130. The van der Waals surface area contributed by atoms with Crippen molar-refractivity contribution in [3.05, 3.63) is 89.7 Å². The van der Waals surface area contributed by atoms with Gasteiger partial charge in [-0.25, -0.2) is 4.79 Å². The summed E-state index contributed by atoms with van der Waals surface area (Å²) in [6.07, 6.45) is 4.59. The summed E-state index contributed by atoms with van der Waals surface area (Å²) < 4.78 is 7.40. The maximum Gasteiger partial charge on any atom is 0.339 e. The van der Waals surface area contributed by atoms with Crippen LogP contribution in [0.15, 0.2) is 73.1 Å². The molecule has 0 bridgehead atoms. The molecule has 0 aliphatic heterocycles. The van der Waals surface area contributed by atoms with Crippen molar-refractivity contribution in [3.8, 4) is 0 Å². The Bertz CT molecular complexity index is 933. The number of hydrogen-bond acceptors (Lipinski definition) is 4. The van der Waals surface area contributed by atoms with Crippen molar-refractivity contribution < 1.29 is 14.3 Å². The SMILES string of the molecule is O=C(OC(C(=O)NC1CC1)c1ccccc1)c1ccc(Cn2cccn2)cc1. The number of esters is 1. The molecule has 1 unspecified atom stereocenters. The number of nitrogens with zero attached hydrogens (tertiary/aromatic N) is 2. The van der Waals surface area contributed by atoms with Crippen molar-refractivity contribution in [2.24, 2.45) is 0 Å². The topological polar surface area (TPSA) is 73.2 Å². The number of hydrogen-bond donors (Lipinski definition) is 1. The number of nitrogens with one attached hydrogen (secondary N) is 1. The molecule has 6 nitrogen and oxygen atoms in total. The normalized spacial score (nSPS) is 14.3. The Labute approximate surface area is 163 Å². The van der Waals surface area contributed by atoms with Gasteiger partial charge in [0.05, 0.1) is 12.1 Å². The number of amides is 1. The van der Waals surface area contributed by atoms with E-state index in [1.807, 2.05) is 42.6 Å². The maximum absolute atomic E-state index is 12.6. The fraction of sp³-hybridized carbons (Fsp3) is 0.227. The quantitative estimate of drug-likeness (QED) is 0.644. The van der Waals surface area contributed by atoms with E-state index in [0.29, 0.717) is 17.7 Å². The Hall–Kier alpha value is -3.41. The molecule has 3 aromatic rings. The standard InChI is InChI=1S/C22H21N3O3/c26-21(24-19-11-12-19)20(17-5-2-1-3-6-17)28-22(27)18-9-7-16(8-10-18)15-25-14-4-13-23-25/h1-10,13-14,19-20H,11-12,15H2,(H,24,26). The zero-order chi connectivity index (χ0) is 19.3. The van der Waals surface area contributed by atoms with Gasteiger partial charge in [0.2, 0.25) is 6.10 Å². The average Bonchev–Trinajstić information content (AvgIpc) is 3.39. The predicted octanol–water partition coefficient (Wildman–Crippen LogP) is 3.11. The second-order valence-corrected chi connectivity index (χ2v) is 6.88. The minimum Gasteiger partial charge on any atom is -0.444 e. The van der Waals surface area contributed by atoms with Gasteiger partial charge in [0.15, 0.2) is 0 Å². The van der Waals surface area contributed by atoms with Gasteiger partial charge in [0.1, 0.15) is 0 Å². The molecule has 1 fully saturated rings. The molecule has 0 radical (unpaired) electrons. The molecular formula is C22H21N3O3. The van der Waals surface area contributed by atoms with Crippen LogP contribution in [0.3, 0.4) is 0 Å². The second-order valence-electron chi connectivity index (χ2n) is 6.88. The third-order valence-electron chi connectivity index (χ3n) is 4.58. The summed E-state index contributed by atoms with van der Waals surface area (Å²) in [4.78, 5) is 25.2. The van der Waals surface area contributed by atoms with Gasteiger partial charge in [-0.3, -0.25) is 9.48 Å². The zero-order valence-electron chi connectivity index (χ0n) is 15.3. The van der Waals surface area contributed by atoms with Crippen molar-refractivity contribution >= 4 is 11.9 Å². The molecular weight excluding hydrogens is 354 g/mol. The van der Waals surface area contributed by atoms with Crippen molar-refractivity contribution in [2.75, 3.05) is 0 Å². The van der Waals surface area contributed by atoms with Gasteiger partial charge in [-0.2, -0.15) is 5.10 Å². The van der Waals surface area contributed by atoms with Crippen LogP contribution in [0.25, 0.3) is 0 Å². The maximum atomic E-state index is 12.6. The van der Waals surface area contributed by atoms with Gasteiger partial charge >= 0.3 is 5.97 Å². The van der Waals surface area contributed by atoms with E-state index < -0.39 is 12.1 Å². The molecule has 6 heteroatoms. The van der Waals surface area contributed by atoms with Crippen molar-refractivity contribution in [2.45, 2.75) is 31.5 Å². The lowest BCUT2D eigenvalue weighted by atomic mass is 10.1. The first-order chi connectivity index (χ1) is 13.7. The van der Waals surface area contributed by atoms with Crippen LogP contribution in [-0.4, -0.2) is 27.7 Å². The van der Waals surface area contributed by atoms with Crippen LogP contribution in [0, 0.1) is 0 Å². The number of aromatic nitrogens is 2. The van der Waals surface area contributed by atoms with E-state index in [1.54, 1.807) is 35.1 Å². The highest BCUT2D eigenvalue weighted by molar-refractivity contribution is 5.92. The molecule has 1 heterocycles. The van der Waals surface area contributed by atoms with Gasteiger partial charge < -0.3 is 10.1 Å². The number of rotatable bonds is 7. The summed E-state index contributed by atoms with van der Waals surface area (Å²) in [5.41, 5.74) is 2.08. The number of ether oxygens (including phenoxy) is 1. The number of benzene rings is 2. The Kier molecular flexibility index (Phi) is 5.19. The first-order valence-electron chi connectivity index (χ1n) is 9.32.